The molecule has 1 unspecified atom stereocenters. The number of fused-ring (bicyclic) bond motifs is 1. The van der Waals surface area contributed by atoms with Crippen molar-refractivity contribution < 1.29 is 19.0 Å². The molecule has 2 aliphatic heterocycles. The summed E-state index contributed by atoms with van der Waals surface area (Å²) in [6, 6.07) is 0.618. The van der Waals surface area contributed by atoms with Gasteiger partial charge in [0, 0.05) is 13.5 Å². The number of likely N-dealkylation sites (N-methyl/N-ethyl adjacent to an activating group) is 1. The highest BCUT2D eigenvalue weighted by molar-refractivity contribution is 6.23. The molecule has 3 heterocycles. The highest BCUT2D eigenvalue weighted by atomic mass is 16.2. The van der Waals surface area contributed by atoms with E-state index in [1.54, 1.807) is 11.7 Å². The molecule has 1 saturated heterocycles. The zero-order chi connectivity index (χ0) is 21.5. The smallest absolute Gasteiger partial charge is 0.368 e. The lowest BCUT2D eigenvalue weighted by Crippen LogP contribution is -2.64. The number of aromatic nitrogens is 2. The molecule has 1 aromatic rings. The number of imide groups is 1. The quantitative estimate of drug-likeness (QED) is 0.676. The van der Waals surface area contributed by atoms with Crippen molar-refractivity contribution in [2.24, 2.45) is 16.6 Å². The van der Waals surface area contributed by atoms with Crippen molar-refractivity contribution in [3.8, 4) is 0 Å². The third kappa shape index (κ3) is 3.54. The first-order valence-corrected chi connectivity index (χ1v) is 9.87. The summed E-state index contributed by atoms with van der Waals surface area (Å²) in [5.74, 6) is -0.157. The molecule has 2 aliphatic rings. The Morgan fingerprint density at radius 1 is 1.28 bits per heavy atom. The summed E-state index contributed by atoms with van der Waals surface area (Å²) in [4.78, 5) is 44.1. The predicted octanol–water partition coefficient (Wildman–Crippen LogP) is 0.0405. The normalized spacial score (nSPS) is 19.4. The molecule has 4 amide bonds. The van der Waals surface area contributed by atoms with E-state index in [-0.39, 0.29) is 5.92 Å². The van der Waals surface area contributed by atoms with Crippen molar-refractivity contribution in [3.05, 3.63) is 17.5 Å². The zero-order valence-corrected chi connectivity index (χ0v) is 17.5. The molecular weight excluding hydrogens is 374 g/mol. The minimum atomic E-state index is -0.798. The number of nitrogens with two attached hydrogens (primary N) is 1. The maximum atomic E-state index is 13.2. The SMILES string of the molecule is CCc1cc(CC)n(C2=[N+](CC(C)C)C3C(=O)N(CC(N)=O)C(=O)N(C)C3=N2)n1. The molecule has 1 atom stereocenters. The minimum absolute atomic E-state index is 0.228. The van der Waals surface area contributed by atoms with E-state index in [0.717, 1.165) is 29.1 Å². The van der Waals surface area contributed by atoms with Crippen LogP contribution in [0.25, 0.3) is 0 Å². The van der Waals surface area contributed by atoms with Gasteiger partial charge in [-0.3, -0.25) is 19.4 Å². The van der Waals surface area contributed by atoms with Gasteiger partial charge >= 0.3 is 12.0 Å². The van der Waals surface area contributed by atoms with E-state index in [1.807, 2.05) is 38.3 Å². The lowest BCUT2D eigenvalue weighted by Gasteiger charge is -2.33. The van der Waals surface area contributed by atoms with Gasteiger partial charge in [0.25, 0.3) is 5.91 Å². The van der Waals surface area contributed by atoms with Gasteiger partial charge in [0.05, 0.1) is 12.2 Å². The van der Waals surface area contributed by atoms with Gasteiger partial charge in [0.15, 0.2) is 0 Å². The molecule has 29 heavy (non-hydrogen) atoms. The Bertz CT molecular complexity index is 928. The van der Waals surface area contributed by atoms with E-state index in [0.29, 0.717) is 18.3 Å². The van der Waals surface area contributed by atoms with E-state index in [1.165, 1.54) is 4.90 Å². The molecule has 10 nitrogen and oxygen atoms in total. The number of primary amides is 1. The highest BCUT2D eigenvalue weighted by Gasteiger charge is 2.53. The summed E-state index contributed by atoms with van der Waals surface area (Å²) in [7, 11) is 1.55. The third-order valence-electron chi connectivity index (χ3n) is 5.01. The Morgan fingerprint density at radius 2 is 1.97 bits per heavy atom. The van der Waals surface area contributed by atoms with E-state index < -0.39 is 30.4 Å². The highest BCUT2D eigenvalue weighted by Crippen LogP contribution is 2.22. The van der Waals surface area contributed by atoms with Gasteiger partial charge in [-0.2, -0.15) is 0 Å². The van der Waals surface area contributed by atoms with Crippen LogP contribution in [0.1, 0.15) is 39.1 Å². The Labute approximate surface area is 169 Å². The van der Waals surface area contributed by atoms with Crippen LogP contribution in [0.15, 0.2) is 11.1 Å². The van der Waals surface area contributed by atoms with Crippen molar-refractivity contribution in [2.75, 3.05) is 20.1 Å². The summed E-state index contributed by atoms with van der Waals surface area (Å²) in [6.45, 7) is 8.22. The molecule has 3 rings (SSSR count). The van der Waals surface area contributed by atoms with E-state index in [4.69, 9.17) is 5.73 Å². The molecule has 0 saturated carbocycles. The minimum Gasteiger partial charge on any atom is -0.368 e. The van der Waals surface area contributed by atoms with Gasteiger partial charge in [0.1, 0.15) is 12.2 Å². The molecule has 1 aromatic heterocycles. The van der Waals surface area contributed by atoms with Crippen LogP contribution in [-0.2, 0) is 22.4 Å². The average molecular weight is 402 g/mol. The summed E-state index contributed by atoms with van der Waals surface area (Å²) in [6.07, 6.45) is 1.53. The number of aryl methyl sites for hydroxylation is 2. The van der Waals surface area contributed by atoms with Gasteiger partial charge in [-0.05, 0) is 18.4 Å². The largest absolute Gasteiger partial charge is 0.421 e. The monoisotopic (exact) mass is 402 g/mol. The standard InChI is InChI=1S/C19H27N7O3/c1-6-12-8-13(7-2)26(22-12)18-21-16-15(24(18)9-11(3)4)17(28)25(10-14(20)27)19(29)23(16)5/h8,11,15H,6-7,9-10H2,1-5H3,(H-,20,27)/p+1. The van der Waals surface area contributed by atoms with Crippen LogP contribution in [-0.4, -0.2) is 80.0 Å². The molecule has 0 aliphatic carbocycles. The van der Waals surface area contributed by atoms with Crippen LogP contribution in [0.5, 0.6) is 0 Å². The fourth-order valence-electron chi connectivity index (χ4n) is 3.63. The fourth-order valence-corrected chi connectivity index (χ4v) is 3.63. The van der Waals surface area contributed by atoms with Crippen molar-refractivity contribution in [2.45, 2.75) is 46.6 Å². The van der Waals surface area contributed by atoms with Crippen molar-refractivity contribution in [3.63, 3.8) is 0 Å². The van der Waals surface area contributed by atoms with E-state index >= 15 is 0 Å². The van der Waals surface area contributed by atoms with E-state index in [9.17, 15) is 14.4 Å². The number of carbonyl (C=O) groups is 3. The zero-order valence-electron chi connectivity index (χ0n) is 17.5. The summed E-state index contributed by atoms with van der Waals surface area (Å²) >= 11 is 0. The molecule has 10 heteroatoms. The lowest BCUT2D eigenvalue weighted by atomic mass is 10.1. The number of hydrogen-bond donors (Lipinski definition) is 1. The first-order chi connectivity index (χ1) is 13.7. The van der Waals surface area contributed by atoms with Gasteiger partial charge in [-0.15, -0.1) is 9.78 Å². The molecule has 156 valence electrons. The Balaban J connectivity index is 2.16. The average Bonchev–Trinajstić information content (AvgIpc) is 3.24. The molecular formula is C19H28N7O3+. The van der Waals surface area contributed by atoms with Gasteiger partial charge in [-0.1, -0.05) is 32.7 Å². The maximum absolute atomic E-state index is 13.2. The van der Waals surface area contributed by atoms with Crippen LogP contribution in [0.4, 0.5) is 4.79 Å². The van der Waals surface area contributed by atoms with Crippen LogP contribution in [0.2, 0.25) is 0 Å². The Morgan fingerprint density at radius 3 is 2.52 bits per heavy atom. The second kappa shape index (κ2) is 7.76. The molecule has 0 radical (unpaired) electrons. The van der Waals surface area contributed by atoms with Crippen LogP contribution >= 0.6 is 0 Å². The van der Waals surface area contributed by atoms with E-state index in [2.05, 4.69) is 10.1 Å². The summed E-state index contributed by atoms with van der Waals surface area (Å²) in [5, 5.41) is 4.66. The van der Waals surface area contributed by atoms with Crippen molar-refractivity contribution in [1.29, 1.82) is 0 Å². The predicted molar refractivity (Wildman–Crippen MR) is 107 cm³/mol. The second-order valence-corrected chi connectivity index (χ2v) is 7.70. The number of amides is 4. The summed E-state index contributed by atoms with van der Waals surface area (Å²) < 4.78 is 3.63. The lowest BCUT2D eigenvalue weighted by molar-refractivity contribution is -0.543. The van der Waals surface area contributed by atoms with Crippen molar-refractivity contribution >= 4 is 29.6 Å². The first kappa shape index (κ1) is 20.7. The summed E-state index contributed by atoms with van der Waals surface area (Å²) in [5.41, 5.74) is 7.16. The Kier molecular flexibility index (Phi) is 5.54. The number of amidine groups is 1. The molecule has 0 spiro atoms. The van der Waals surface area contributed by atoms with Crippen LogP contribution < -0.4 is 5.73 Å². The molecule has 0 aromatic carbocycles. The van der Waals surface area contributed by atoms with Gasteiger partial charge in [-0.25, -0.2) is 9.37 Å². The van der Waals surface area contributed by atoms with Crippen LogP contribution in [0, 0.1) is 5.92 Å². The third-order valence-corrected chi connectivity index (χ3v) is 5.01. The number of carbonyl (C=O) groups excluding carboxylic acids is 3. The Hall–Kier alpha value is -3.04. The number of rotatable bonds is 6. The number of aliphatic imine (C=N–C) groups is 1. The maximum Gasteiger partial charge on any atom is 0.421 e. The number of nitrogens with zero attached hydrogens (tertiary/aromatic N) is 6. The number of urea groups is 1. The first-order valence-electron chi connectivity index (χ1n) is 9.87. The molecule has 0 bridgehead atoms. The molecule has 2 N–H and O–H groups in total. The number of hydrogen-bond acceptors (Lipinski definition) is 5. The fraction of sp³-hybridized carbons (Fsp3) is 0.579. The molecule has 1 fully saturated rings. The topological polar surface area (TPSA) is 117 Å². The van der Waals surface area contributed by atoms with Crippen LogP contribution in [0.3, 0.4) is 0 Å². The second-order valence-electron chi connectivity index (χ2n) is 7.70. The van der Waals surface area contributed by atoms with Crippen molar-refractivity contribution in [1.82, 2.24) is 19.6 Å². The van der Waals surface area contributed by atoms with Gasteiger partial charge in [0.2, 0.25) is 17.8 Å². The van der Waals surface area contributed by atoms with Gasteiger partial charge < -0.3 is 5.73 Å².